The van der Waals surface area contributed by atoms with Gasteiger partial charge in [0.1, 0.15) is 18.2 Å². The largest absolute Gasteiger partial charge is 0.485 e. The highest BCUT2D eigenvalue weighted by Crippen LogP contribution is 2.36. The number of nitrogens with one attached hydrogen (secondary N) is 2. The van der Waals surface area contributed by atoms with Crippen LogP contribution in [0, 0.1) is 0 Å². The van der Waals surface area contributed by atoms with E-state index >= 15 is 0 Å². The summed E-state index contributed by atoms with van der Waals surface area (Å²) >= 11 is 0. The Bertz CT molecular complexity index is 2790. The summed E-state index contributed by atoms with van der Waals surface area (Å²) < 4.78 is 46.6. The van der Waals surface area contributed by atoms with Crippen molar-refractivity contribution in [2.45, 2.75) is 95.5 Å². The molecule has 0 aliphatic carbocycles. The first-order chi connectivity index (χ1) is 30.8. The standard InChI is InChI=1S/C44H55N13O6S/c1-6-62-29(4)56-26-33(24-46-56)39-40(63-28(2)3)42-49-43(51-57(42)27-45-39)47-34-14-19-54(20-15-34)64(60,61)35-9-7-8-30(22-35)25-53-17-12-31(13-18-53)32-10-11-36-37(23-32)52(5)50-41(36)55-21-16-38(58)48-44(55)59/h7-11,22-24,26-29,31,34H,6,12-21,25H2,1-5H3,(H,47,51)(H,48,58,59). The molecule has 3 amide bonds. The summed E-state index contributed by atoms with van der Waals surface area (Å²) in [5.74, 6) is 1.56. The molecule has 3 aliphatic heterocycles. The van der Waals surface area contributed by atoms with E-state index in [4.69, 9.17) is 14.5 Å². The van der Waals surface area contributed by atoms with E-state index in [9.17, 15) is 18.0 Å². The van der Waals surface area contributed by atoms with Gasteiger partial charge in [-0.3, -0.25) is 24.6 Å². The SMILES string of the molecule is CCOC(C)n1cc(-c2ncn3nc(NC4CCN(S(=O)(=O)c5cccc(CN6CCC(c7ccc8c(N9CCC(=O)NC9=O)nn(C)c8c7)CC6)c5)CC4)nc3c2OC(C)C)cn1. The van der Waals surface area contributed by atoms with Crippen molar-refractivity contribution in [1.29, 1.82) is 0 Å². The number of carbonyl (C=O) groups excluding carboxylic acids is 2. The van der Waals surface area contributed by atoms with Crippen molar-refractivity contribution in [3.8, 4) is 17.0 Å². The van der Waals surface area contributed by atoms with Crippen LogP contribution < -0.4 is 20.3 Å². The maximum atomic E-state index is 14.0. The molecule has 20 heteroatoms. The lowest BCUT2D eigenvalue weighted by molar-refractivity contribution is -0.120. The molecule has 4 aromatic heterocycles. The molecule has 6 aromatic rings. The molecule has 3 saturated heterocycles. The van der Waals surface area contributed by atoms with E-state index in [1.54, 1.807) is 36.8 Å². The zero-order chi connectivity index (χ0) is 44.7. The van der Waals surface area contributed by atoms with Crippen LogP contribution in [0.2, 0.25) is 0 Å². The summed E-state index contributed by atoms with van der Waals surface area (Å²) in [5.41, 5.74) is 5.01. The lowest BCUT2D eigenvalue weighted by Gasteiger charge is -2.33. The number of aromatic nitrogens is 8. The summed E-state index contributed by atoms with van der Waals surface area (Å²) in [4.78, 5) is 37.9. The number of sulfonamides is 1. The molecule has 3 aliphatic rings. The van der Waals surface area contributed by atoms with E-state index in [2.05, 4.69) is 47.9 Å². The minimum Gasteiger partial charge on any atom is -0.485 e. The van der Waals surface area contributed by atoms with Crippen LogP contribution in [-0.2, 0) is 33.1 Å². The van der Waals surface area contributed by atoms with Gasteiger partial charge in [-0.15, -0.1) is 5.10 Å². The molecule has 2 aromatic carbocycles. The molecule has 0 spiro atoms. The minimum atomic E-state index is -3.71. The number of anilines is 2. The molecule has 7 heterocycles. The molecule has 0 saturated carbocycles. The third-order valence-electron chi connectivity index (χ3n) is 12.3. The molecule has 64 heavy (non-hydrogen) atoms. The first-order valence-electron chi connectivity index (χ1n) is 22.1. The number of likely N-dealkylation sites (tertiary alicyclic amines) is 1. The second-order valence-corrected chi connectivity index (χ2v) is 19.0. The third-order valence-corrected chi connectivity index (χ3v) is 14.2. The Morgan fingerprint density at radius 3 is 2.52 bits per heavy atom. The van der Waals surface area contributed by atoms with E-state index in [0.29, 0.717) is 85.3 Å². The maximum absolute atomic E-state index is 14.0. The van der Waals surface area contributed by atoms with Crippen LogP contribution in [0.5, 0.6) is 5.75 Å². The molecule has 2 N–H and O–H groups in total. The highest BCUT2D eigenvalue weighted by Gasteiger charge is 2.32. The fraction of sp³-hybridized carbons (Fsp3) is 0.477. The molecular weight excluding hydrogens is 839 g/mol. The number of benzene rings is 2. The van der Waals surface area contributed by atoms with E-state index in [-0.39, 0.29) is 30.7 Å². The van der Waals surface area contributed by atoms with Crippen LogP contribution in [0.4, 0.5) is 16.6 Å². The van der Waals surface area contributed by atoms with Crippen molar-refractivity contribution in [3.05, 3.63) is 72.3 Å². The lowest BCUT2D eigenvalue weighted by Crippen LogP contribution is -2.49. The fourth-order valence-electron chi connectivity index (χ4n) is 8.96. The van der Waals surface area contributed by atoms with Crippen molar-refractivity contribution in [2.24, 2.45) is 7.05 Å². The Kier molecular flexibility index (Phi) is 12.1. The smallest absolute Gasteiger partial charge is 0.329 e. The van der Waals surface area contributed by atoms with Crippen LogP contribution in [-0.4, -0.2) is 120 Å². The van der Waals surface area contributed by atoms with E-state index in [1.807, 2.05) is 65.2 Å². The van der Waals surface area contributed by atoms with Gasteiger partial charge in [0.15, 0.2) is 11.6 Å². The van der Waals surface area contributed by atoms with E-state index in [1.165, 1.54) is 10.5 Å². The third kappa shape index (κ3) is 8.78. The van der Waals surface area contributed by atoms with Gasteiger partial charge in [-0.05, 0) is 108 Å². The number of fused-ring (bicyclic) bond motifs is 2. The molecule has 3 fully saturated rings. The normalized spacial score (nSPS) is 18.1. The number of piperidine rings is 2. The van der Waals surface area contributed by atoms with Gasteiger partial charge in [0.05, 0.1) is 22.7 Å². The summed E-state index contributed by atoms with van der Waals surface area (Å²) in [5, 5.41) is 20.4. The van der Waals surface area contributed by atoms with Crippen molar-refractivity contribution >= 4 is 50.3 Å². The first kappa shape index (κ1) is 43.3. The van der Waals surface area contributed by atoms with Crippen LogP contribution in [0.1, 0.15) is 83.1 Å². The number of carbonyl (C=O) groups is 2. The predicted octanol–water partition coefficient (Wildman–Crippen LogP) is 5.31. The van der Waals surface area contributed by atoms with Gasteiger partial charge in [-0.25, -0.2) is 22.9 Å². The van der Waals surface area contributed by atoms with Crippen LogP contribution >= 0.6 is 0 Å². The van der Waals surface area contributed by atoms with Gasteiger partial charge in [0, 0.05) is 69.4 Å². The van der Waals surface area contributed by atoms with Gasteiger partial charge in [-0.1, -0.05) is 18.2 Å². The Labute approximate surface area is 371 Å². The minimum absolute atomic E-state index is 0.0299. The molecule has 338 valence electrons. The molecular formula is C44H55N13O6S. The second-order valence-electron chi connectivity index (χ2n) is 17.1. The van der Waals surface area contributed by atoms with Crippen LogP contribution in [0.25, 0.3) is 27.8 Å². The number of imide groups is 1. The lowest BCUT2D eigenvalue weighted by atomic mass is 9.89. The van der Waals surface area contributed by atoms with Crippen molar-refractivity contribution in [2.75, 3.05) is 49.5 Å². The van der Waals surface area contributed by atoms with E-state index < -0.39 is 16.1 Å². The molecule has 1 unspecified atom stereocenters. The summed E-state index contributed by atoms with van der Waals surface area (Å²) in [7, 11) is -1.84. The van der Waals surface area contributed by atoms with Crippen LogP contribution in [0.15, 0.2) is 66.1 Å². The quantitative estimate of drug-likeness (QED) is 0.143. The monoisotopic (exact) mass is 893 g/mol. The Hall–Kier alpha value is -5.96. The number of hydrogen-bond acceptors (Lipinski definition) is 13. The average Bonchev–Trinajstić information content (AvgIpc) is 4.02. The number of ether oxygens (including phenoxy) is 2. The van der Waals surface area contributed by atoms with Gasteiger partial charge in [-0.2, -0.15) is 24.0 Å². The zero-order valence-electron chi connectivity index (χ0n) is 36.8. The Morgan fingerprint density at radius 1 is 0.969 bits per heavy atom. The van der Waals surface area contributed by atoms with Gasteiger partial charge >= 0.3 is 6.03 Å². The topological polar surface area (TPSA) is 199 Å². The molecule has 9 rings (SSSR count). The Balaban J connectivity index is 0.801. The summed E-state index contributed by atoms with van der Waals surface area (Å²) in [6, 6.07) is 13.2. The second kappa shape index (κ2) is 17.9. The molecule has 1 atom stereocenters. The van der Waals surface area contributed by atoms with Gasteiger partial charge in [0.25, 0.3) is 0 Å². The average molecular weight is 894 g/mol. The predicted molar refractivity (Wildman–Crippen MR) is 239 cm³/mol. The van der Waals surface area contributed by atoms with Gasteiger partial charge < -0.3 is 14.8 Å². The molecule has 0 radical (unpaired) electrons. The number of nitrogens with zero attached hydrogens (tertiary/aromatic N) is 11. The van der Waals surface area contributed by atoms with Crippen molar-refractivity contribution in [3.63, 3.8) is 0 Å². The zero-order valence-corrected chi connectivity index (χ0v) is 37.7. The molecule has 19 nitrogen and oxygen atoms in total. The van der Waals surface area contributed by atoms with Crippen molar-refractivity contribution < 1.29 is 27.5 Å². The number of aryl methyl sites for hydroxylation is 1. The van der Waals surface area contributed by atoms with Crippen molar-refractivity contribution in [1.82, 2.24) is 53.7 Å². The highest BCUT2D eigenvalue weighted by atomic mass is 32.2. The maximum Gasteiger partial charge on any atom is 0.329 e. The van der Waals surface area contributed by atoms with Crippen LogP contribution in [0.3, 0.4) is 0 Å². The number of hydrogen-bond donors (Lipinski definition) is 2. The summed E-state index contributed by atoms with van der Waals surface area (Å²) in [6.07, 6.45) is 8.18. The summed E-state index contributed by atoms with van der Waals surface area (Å²) in [6.45, 7) is 11.8. The number of amides is 3. The molecule has 0 bridgehead atoms. The Morgan fingerprint density at radius 2 is 1.77 bits per heavy atom. The van der Waals surface area contributed by atoms with E-state index in [0.717, 1.165) is 48.0 Å². The van der Waals surface area contributed by atoms with Gasteiger partial charge in [0.2, 0.25) is 27.5 Å². The number of urea groups is 1. The number of rotatable bonds is 14. The fourth-order valence-corrected chi connectivity index (χ4v) is 10.5. The highest BCUT2D eigenvalue weighted by molar-refractivity contribution is 7.89. The first-order valence-corrected chi connectivity index (χ1v) is 23.5.